The minimum Gasteiger partial charge on any atom is -0.341 e. The maximum absolute atomic E-state index is 12.2. The van der Waals surface area contributed by atoms with Gasteiger partial charge in [-0.25, -0.2) is 8.42 Å². The van der Waals surface area contributed by atoms with E-state index in [0.717, 1.165) is 11.1 Å². The first-order valence-electron chi connectivity index (χ1n) is 6.39. The Labute approximate surface area is 114 Å². The Morgan fingerprint density at radius 2 is 2.05 bits per heavy atom. The van der Waals surface area contributed by atoms with Crippen molar-refractivity contribution in [2.75, 3.05) is 18.6 Å². The van der Waals surface area contributed by atoms with E-state index in [0.29, 0.717) is 12.8 Å². The minimum absolute atomic E-state index is 0.0172. The lowest BCUT2D eigenvalue weighted by Crippen LogP contribution is -2.38. The molecule has 0 aliphatic carbocycles. The molecule has 0 saturated carbocycles. The number of sulfone groups is 1. The molecule has 1 saturated heterocycles. The summed E-state index contributed by atoms with van der Waals surface area (Å²) in [5.41, 5.74) is 2.09. The van der Waals surface area contributed by atoms with Crippen molar-refractivity contribution in [1.82, 2.24) is 4.90 Å². The summed E-state index contributed by atoms with van der Waals surface area (Å²) < 4.78 is 22.9. The molecule has 1 aliphatic rings. The van der Waals surface area contributed by atoms with Gasteiger partial charge in [-0.1, -0.05) is 24.3 Å². The van der Waals surface area contributed by atoms with Gasteiger partial charge in [0, 0.05) is 13.1 Å². The number of aryl methyl sites for hydroxylation is 1. The average molecular weight is 281 g/mol. The molecule has 2 rings (SSSR count). The van der Waals surface area contributed by atoms with Crippen molar-refractivity contribution < 1.29 is 13.2 Å². The zero-order chi connectivity index (χ0) is 14.0. The summed E-state index contributed by atoms with van der Waals surface area (Å²) in [6.45, 7) is 1.97. The van der Waals surface area contributed by atoms with Crippen LogP contribution in [0.2, 0.25) is 0 Å². The second-order valence-corrected chi connectivity index (χ2v) is 7.39. The molecule has 1 aromatic rings. The molecule has 0 spiro atoms. The van der Waals surface area contributed by atoms with E-state index in [2.05, 4.69) is 0 Å². The molecular weight excluding hydrogens is 262 g/mol. The van der Waals surface area contributed by atoms with Crippen LogP contribution in [-0.2, 0) is 21.1 Å². The molecule has 104 valence electrons. The molecule has 1 fully saturated rings. The molecular formula is C14H19NO3S. The Balaban J connectivity index is 2.03. The molecule has 0 radical (unpaired) electrons. The Morgan fingerprint density at radius 3 is 2.63 bits per heavy atom. The molecule has 0 bridgehead atoms. The van der Waals surface area contributed by atoms with Crippen molar-refractivity contribution >= 4 is 15.7 Å². The summed E-state index contributed by atoms with van der Waals surface area (Å²) in [6, 6.07) is 7.60. The van der Waals surface area contributed by atoms with E-state index < -0.39 is 9.84 Å². The summed E-state index contributed by atoms with van der Waals surface area (Å²) in [7, 11) is -1.25. The lowest BCUT2D eigenvalue weighted by atomic mass is 10.0. The van der Waals surface area contributed by atoms with Crippen LogP contribution in [0, 0.1) is 6.92 Å². The van der Waals surface area contributed by atoms with Crippen LogP contribution in [-0.4, -0.2) is 43.8 Å². The van der Waals surface area contributed by atoms with Crippen molar-refractivity contribution in [2.45, 2.75) is 25.8 Å². The number of hydrogen-bond donors (Lipinski definition) is 0. The molecule has 1 aromatic carbocycles. The molecule has 1 amide bonds. The van der Waals surface area contributed by atoms with Crippen molar-refractivity contribution in [1.29, 1.82) is 0 Å². The molecule has 1 heterocycles. The topological polar surface area (TPSA) is 54.5 Å². The van der Waals surface area contributed by atoms with E-state index in [1.807, 2.05) is 31.2 Å². The van der Waals surface area contributed by atoms with Gasteiger partial charge in [0.25, 0.3) is 0 Å². The van der Waals surface area contributed by atoms with Crippen LogP contribution < -0.4 is 0 Å². The highest BCUT2D eigenvalue weighted by Crippen LogP contribution is 2.18. The summed E-state index contributed by atoms with van der Waals surface area (Å²) in [5.74, 6) is 0.277. The van der Waals surface area contributed by atoms with Crippen LogP contribution in [0.4, 0.5) is 0 Å². The largest absolute Gasteiger partial charge is 0.341 e. The second kappa shape index (κ2) is 5.33. The standard InChI is InChI=1S/C14H19NO3S/c1-11-5-3-4-6-12(11)9-14(16)15(2)13-7-8-19(17,18)10-13/h3-6,13H,7-10H2,1-2H3. The van der Waals surface area contributed by atoms with Gasteiger partial charge in [0.15, 0.2) is 9.84 Å². The number of carbonyl (C=O) groups excluding carboxylic acids is 1. The van der Waals surface area contributed by atoms with Gasteiger partial charge >= 0.3 is 0 Å². The first kappa shape index (κ1) is 14.1. The van der Waals surface area contributed by atoms with Gasteiger partial charge in [0.2, 0.25) is 5.91 Å². The molecule has 0 aromatic heterocycles. The van der Waals surface area contributed by atoms with E-state index in [1.54, 1.807) is 11.9 Å². The fourth-order valence-electron chi connectivity index (χ4n) is 2.38. The van der Waals surface area contributed by atoms with E-state index >= 15 is 0 Å². The number of amides is 1. The third-order valence-electron chi connectivity index (χ3n) is 3.75. The third kappa shape index (κ3) is 3.35. The number of likely N-dealkylation sites (N-methyl/N-ethyl adjacent to an activating group) is 1. The van der Waals surface area contributed by atoms with Gasteiger partial charge in [-0.05, 0) is 24.5 Å². The highest BCUT2D eigenvalue weighted by atomic mass is 32.2. The van der Waals surface area contributed by atoms with Crippen LogP contribution in [0.3, 0.4) is 0 Å². The van der Waals surface area contributed by atoms with Gasteiger partial charge in [-0.2, -0.15) is 0 Å². The summed E-state index contributed by atoms with van der Waals surface area (Å²) in [6.07, 6.45) is 0.887. The zero-order valence-electron chi connectivity index (χ0n) is 11.3. The number of hydrogen-bond acceptors (Lipinski definition) is 3. The van der Waals surface area contributed by atoms with Gasteiger partial charge in [-0.15, -0.1) is 0 Å². The van der Waals surface area contributed by atoms with Crippen molar-refractivity contribution in [2.24, 2.45) is 0 Å². The van der Waals surface area contributed by atoms with Crippen LogP contribution in [0.25, 0.3) is 0 Å². The molecule has 19 heavy (non-hydrogen) atoms. The molecule has 1 aliphatic heterocycles. The van der Waals surface area contributed by atoms with E-state index in [4.69, 9.17) is 0 Å². The quantitative estimate of drug-likeness (QED) is 0.836. The predicted molar refractivity (Wildman–Crippen MR) is 74.7 cm³/mol. The number of nitrogens with zero attached hydrogens (tertiary/aromatic N) is 1. The first-order chi connectivity index (χ1) is 8.89. The highest BCUT2D eigenvalue weighted by molar-refractivity contribution is 7.91. The second-order valence-electron chi connectivity index (χ2n) is 5.16. The van der Waals surface area contributed by atoms with Gasteiger partial charge in [0.1, 0.15) is 0 Å². The average Bonchev–Trinajstić information content (AvgIpc) is 2.71. The fraction of sp³-hybridized carbons (Fsp3) is 0.500. The maximum atomic E-state index is 12.2. The van der Waals surface area contributed by atoms with E-state index in [1.165, 1.54) is 0 Å². The van der Waals surface area contributed by atoms with Crippen molar-refractivity contribution in [3.63, 3.8) is 0 Å². The van der Waals surface area contributed by atoms with Crippen LogP contribution in [0.1, 0.15) is 17.5 Å². The first-order valence-corrected chi connectivity index (χ1v) is 8.22. The molecule has 0 N–H and O–H groups in total. The summed E-state index contributed by atoms with van der Waals surface area (Å²) in [4.78, 5) is 13.8. The lowest BCUT2D eigenvalue weighted by molar-refractivity contribution is -0.130. The molecule has 4 nitrogen and oxygen atoms in total. The van der Waals surface area contributed by atoms with Crippen LogP contribution in [0.5, 0.6) is 0 Å². The molecule has 5 heteroatoms. The number of rotatable bonds is 3. The molecule has 1 unspecified atom stereocenters. The predicted octanol–water partition coefficient (Wildman–Crippen LogP) is 1.18. The third-order valence-corrected chi connectivity index (χ3v) is 5.50. The monoisotopic (exact) mass is 281 g/mol. The Hall–Kier alpha value is -1.36. The van der Waals surface area contributed by atoms with E-state index in [9.17, 15) is 13.2 Å². The number of carbonyl (C=O) groups is 1. The highest BCUT2D eigenvalue weighted by Gasteiger charge is 2.32. The van der Waals surface area contributed by atoms with Crippen molar-refractivity contribution in [3.8, 4) is 0 Å². The smallest absolute Gasteiger partial charge is 0.227 e. The zero-order valence-corrected chi connectivity index (χ0v) is 12.1. The SMILES string of the molecule is Cc1ccccc1CC(=O)N(C)C1CCS(=O)(=O)C1. The maximum Gasteiger partial charge on any atom is 0.227 e. The fourth-order valence-corrected chi connectivity index (χ4v) is 4.15. The van der Waals surface area contributed by atoms with Crippen LogP contribution in [0.15, 0.2) is 24.3 Å². The van der Waals surface area contributed by atoms with Crippen LogP contribution >= 0.6 is 0 Å². The number of benzene rings is 1. The summed E-state index contributed by atoms with van der Waals surface area (Å²) in [5, 5.41) is 0. The normalized spacial score (nSPS) is 21.3. The van der Waals surface area contributed by atoms with Gasteiger partial charge in [0.05, 0.1) is 17.9 Å². The summed E-state index contributed by atoms with van der Waals surface area (Å²) >= 11 is 0. The Kier molecular flexibility index (Phi) is 3.94. The minimum atomic E-state index is -2.95. The Bertz CT molecular complexity index is 580. The molecule has 1 atom stereocenters. The van der Waals surface area contributed by atoms with Gasteiger partial charge < -0.3 is 4.90 Å². The van der Waals surface area contributed by atoms with Gasteiger partial charge in [-0.3, -0.25) is 4.79 Å². The van der Waals surface area contributed by atoms with Crippen molar-refractivity contribution in [3.05, 3.63) is 35.4 Å². The Morgan fingerprint density at radius 1 is 1.37 bits per heavy atom. The lowest BCUT2D eigenvalue weighted by Gasteiger charge is -2.23. The van der Waals surface area contributed by atoms with E-state index in [-0.39, 0.29) is 23.5 Å².